The topological polar surface area (TPSA) is 37.8 Å². The molecule has 0 fully saturated rings. The third-order valence-electron chi connectivity index (χ3n) is 4.61. The Hall–Kier alpha value is -1.94. The van der Waals surface area contributed by atoms with E-state index in [-0.39, 0.29) is 5.56 Å². The SMILES string of the molecule is CC(C)CCCc1ccccc1Cn1c2c(c(=O)[nH]c1=S)CC=C2. The van der Waals surface area contributed by atoms with E-state index in [1.807, 2.05) is 12.2 Å². The van der Waals surface area contributed by atoms with Crippen molar-refractivity contribution in [1.29, 1.82) is 0 Å². The minimum Gasteiger partial charge on any atom is -0.314 e. The molecule has 24 heavy (non-hydrogen) atoms. The molecule has 3 rings (SSSR count). The lowest BCUT2D eigenvalue weighted by atomic mass is 9.98. The number of allylic oxidation sites excluding steroid dienone is 1. The van der Waals surface area contributed by atoms with Crippen LogP contribution in [0.1, 0.15) is 49.1 Å². The molecule has 0 saturated heterocycles. The van der Waals surface area contributed by atoms with E-state index in [0.717, 1.165) is 23.6 Å². The average molecular weight is 340 g/mol. The van der Waals surface area contributed by atoms with Crippen LogP contribution in [0.15, 0.2) is 35.1 Å². The van der Waals surface area contributed by atoms with E-state index in [1.54, 1.807) is 0 Å². The summed E-state index contributed by atoms with van der Waals surface area (Å²) >= 11 is 5.42. The highest BCUT2D eigenvalue weighted by Gasteiger charge is 2.15. The van der Waals surface area contributed by atoms with Crippen molar-refractivity contribution in [3.05, 3.63) is 67.9 Å². The van der Waals surface area contributed by atoms with E-state index in [2.05, 4.69) is 47.7 Å². The number of rotatable bonds is 6. The maximum absolute atomic E-state index is 12.0. The fraction of sp³-hybridized carbons (Fsp3) is 0.400. The van der Waals surface area contributed by atoms with Gasteiger partial charge in [0, 0.05) is 5.56 Å². The van der Waals surface area contributed by atoms with Crippen LogP contribution < -0.4 is 5.56 Å². The van der Waals surface area contributed by atoms with Gasteiger partial charge in [0.2, 0.25) is 0 Å². The Kier molecular flexibility index (Phi) is 5.14. The van der Waals surface area contributed by atoms with Gasteiger partial charge in [-0.05, 0) is 54.6 Å². The Labute approximate surface area is 148 Å². The van der Waals surface area contributed by atoms with Crippen molar-refractivity contribution in [3.63, 3.8) is 0 Å². The molecule has 1 aliphatic rings. The van der Waals surface area contributed by atoms with Gasteiger partial charge in [-0.3, -0.25) is 9.78 Å². The van der Waals surface area contributed by atoms with Crippen molar-refractivity contribution in [2.45, 2.75) is 46.1 Å². The Balaban J connectivity index is 1.90. The van der Waals surface area contributed by atoms with Gasteiger partial charge in [-0.15, -0.1) is 0 Å². The van der Waals surface area contributed by atoms with E-state index in [0.29, 0.717) is 17.7 Å². The van der Waals surface area contributed by atoms with E-state index >= 15 is 0 Å². The van der Waals surface area contributed by atoms with Crippen molar-refractivity contribution < 1.29 is 0 Å². The van der Waals surface area contributed by atoms with Crippen LogP contribution in [0.4, 0.5) is 0 Å². The van der Waals surface area contributed by atoms with Crippen molar-refractivity contribution >= 4 is 18.3 Å². The van der Waals surface area contributed by atoms with Gasteiger partial charge in [0.05, 0.1) is 12.2 Å². The van der Waals surface area contributed by atoms with Crippen LogP contribution in [0.25, 0.3) is 6.08 Å². The summed E-state index contributed by atoms with van der Waals surface area (Å²) in [7, 11) is 0. The second-order valence-electron chi connectivity index (χ2n) is 6.87. The molecule has 2 aromatic rings. The normalized spacial score (nSPS) is 12.8. The van der Waals surface area contributed by atoms with Crippen molar-refractivity contribution in [3.8, 4) is 0 Å². The van der Waals surface area contributed by atoms with Gasteiger partial charge < -0.3 is 4.57 Å². The summed E-state index contributed by atoms with van der Waals surface area (Å²) in [6, 6.07) is 8.56. The van der Waals surface area contributed by atoms with Gasteiger partial charge in [-0.25, -0.2) is 0 Å². The monoisotopic (exact) mass is 340 g/mol. The molecule has 0 radical (unpaired) electrons. The van der Waals surface area contributed by atoms with Crippen molar-refractivity contribution in [2.75, 3.05) is 0 Å². The summed E-state index contributed by atoms with van der Waals surface area (Å²) in [5.41, 5.74) is 4.39. The lowest BCUT2D eigenvalue weighted by Crippen LogP contribution is -2.20. The zero-order valence-corrected chi connectivity index (χ0v) is 15.2. The number of aromatic nitrogens is 2. The number of H-pyrrole nitrogens is 1. The van der Waals surface area contributed by atoms with Crippen molar-refractivity contribution in [1.82, 2.24) is 9.55 Å². The number of aryl methyl sites for hydroxylation is 1. The molecule has 0 unspecified atom stereocenters. The number of hydrogen-bond acceptors (Lipinski definition) is 2. The molecule has 126 valence electrons. The molecule has 3 nitrogen and oxygen atoms in total. The first-order chi connectivity index (χ1) is 11.6. The molecule has 0 aliphatic heterocycles. The molecule has 1 N–H and O–H groups in total. The third kappa shape index (κ3) is 3.59. The molecular formula is C20H24N2OS. The highest BCUT2D eigenvalue weighted by molar-refractivity contribution is 7.71. The largest absolute Gasteiger partial charge is 0.314 e. The fourth-order valence-electron chi connectivity index (χ4n) is 3.29. The van der Waals surface area contributed by atoms with Gasteiger partial charge in [-0.2, -0.15) is 0 Å². The maximum Gasteiger partial charge on any atom is 0.255 e. The number of nitrogens with zero attached hydrogens (tertiary/aromatic N) is 1. The van der Waals surface area contributed by atoms with Crippen LogP contribution >= 0.6 is 12.2 Å². The van der Waals surface area contributed by atoms with Crippen LogP contribution in [-0.4, -0.2) is 9.55 Å². The predicted molar refractivity (Wildman–Crippen MR) is 102 cm³/mol. The first-order valence-electron chi connectivity index (χ1n) is 8.65. The molecule has 0 spiro atoms. The zero-order valence-electron chi connectivity index (χ0n) is 14.3. The summed E-state index contributed by atoms with van der Waals surface area (Å²) in [5.74, 6) is 0.735. The second-order valence-corrected chi connectivity index (χ2v) is 7.26. The van der Waals surface area contributed by atoms with E-state index < -0.39 is 0 Å². The van der Waals surface area contributed by atoms with Crippen molar-refractivity contribution in [2.24, 2.45) is 5.92 Å². The zero-order chi connectivity index (χ0) is 17.1. The molecule has 0 atom stereocenters. The molecule has 1 aromatic carbocycles. The molecule has 0 amide bonds. The van der Waals surface area contributed by atoms with E-state index in [1.165, 1.54) is 24.0 Å². The van der Waals surface area contributed by atoms with Crippen LogP contribution in [0.3, 0.4) is 0 Å². The number of nitrogens with one attached hydrogen (secondary N) is 1. The van der Waals surface area contributed by atoms with Crippen LogP contribution in [0, 0.1) is 10.7 Å². The molecule has 0 bridgehead atoms. The van der Waals surface area contributed by atoms with Crippen LogP contribution in [0.2, 0.25) is 0 Å². The molecular weight excluding hydrogens is 316 g/mol. The highest BCUT2D eigenvalue weighted by Crippen LogP contribution is 2.20. The van der Waals surface area contributed by atoms with Gasteiger partial charge in [0.25, 0.3) is 5.56 Å². The van der Waals surface area contributed by atoms with Gasteiger partial charge >= 0.3 is 0 Å². The Morgan fingerprint density at radius 3 is 2.75 bits per heavy atom. The summed E-state index contributed by atoms with van der Waals surface area (Å²) < 4.78 is 2.55. The smallest absolute Gasteiger partial charge is 0.255 e. The van der Waals surface area contributed by atoms with Crippen LogP contribution in [-0.2, 0) is 19.4 Å². The van der Waals surface area contributed by atoms with Gasteiger partial charge in [-0.1, -0.05) is 50.6 Å². The number of benzene rings is 1. The summed E-state index contributed by atoms with van der Waals surface area (Å²) in [6.45, 7) is 5.24. The predicted octanol–water partition coefficient (Wildman–Crippen LogP) is 4.50. The molecule has 0 saturated carbocycles. The molecule has 1 aromatic heterocycles. The number of hydrogen-bond donors (Lipinski definition) is 1. The van der Waals surface area contributed by atoms with E-state index in [9.17, 15) is 4.79 Å². The Bertz CT molecular complexity index is 874. The first kappa shape index (κ1) is 16.9. The quantitative estimate of drug-likeness (QED) is 0.786. The van der Waals surface area contributed by atoms with E-state index in [4.69, 9.17) is 12.2 Å². The Morgan fingerprint density at radius 1 is 1.25 bits per heavy atom. The average Bonchev–Trinajstić information content (AvgIpc) is 3.02. The minimum absolute atomic E-state index is 0.0542. The third-order valence-corrected chi connectivity index (χ3v) is 4.93. The Morgan fingerprint density at radius 2 is 2.00 bits per heavy atom. The van der Waals surface area contributed by atoms with Gasteiger partial charge in [0.15, 0.2) is 4.77 Å². The number of aromatic amines is 1. The summed E-state index contributed by atoms with van der Waals surface area (Å²) in [4.78, 5) is 14.9. The molecule has 4 heteroatoms. The fourth-order valence-corrected chi connectivity index (χ4v) is 3.54. The first-order valence-corrected chi connectivity index (χ1v) is 9.06. The van der Waals surface area contributed by atoms with Gasteiger partial charge in [0.1, 0.15) is 0 Å². The summed E-state index contributed by atoms with van der Waals surface area (Å²) in [5, 5.41) is 0. The molecule has 1 aliphatic carbocycles. The maximum atomic E-state index is 12.0. The lowest BCUT2D eigenvalue weighted by molar-refractivity contribution is 0.554. The molecule has 1 heterocycles. The minimum atomic E-state index is -0.0542. The number of fused-ring (bicyclic) bond motifs is 1. The highest BCUT2D eigenvalue weighted by atomic mass is 32.1. The van der Waals surface area contributed by atoms with Crippen LogP contribution in [0.5, 0.6) is 0 Å². The lowest BCUT2D eigenvalue weighted by Gasteiger charge is -2.15. The summed E-state index contributed by atoms with van der Waals surface area (Å²) in [6.07, 6.45) is 8.26. The standard InChI is InChI=1S/C20H24N2OS/c1-14(2)7-5-10-15-8-3-4-9-16(15)13-22-18-12-6-11-17(18)19(23)21-20(22)24/h3-4,6,8-9,12,14H,5,7,10-11,13H2,1-2H3,(H,21,23,24). The second kappa shape index (κ2) is 7.31.